The molecule has 1 heterocycles. The first-order chi connectivity index (χ1) is 8.39. The third kappa shape index (κ3) is 2.31. The Kier molecular flexibility index (Phi) is 3.02. The minimum Gasteiger partial charge on any atom is -0.326 e. The summed E-state index contributed by atoms with van der Waals surface area (Å²) in [4.78, 5) is 15.0. The highest BCUT2D eigenvalue weighted by Crippen LogP contribution is 2.27. The Morgan fingerprint density at radius 1 is 1.33 bits per heavy atom. The lowest BCUT2D eigenvalue weighted by atomic mass is 10.2. The molecule has 0 saturated heterocycles. The smallest absolute Gasteiger partial charge is 0.240 e. The van der Waals surface area contributed by atoms with Crippen molar-refractivity contribution in [3.8, 4) is 0 Å². The molecule has 0 aliphatic carbocycles. The third-order valence-electron chi connectivity index (χ3n) is 2.35. The average molecular weight is 265 g/mol. The van der Waals surface area contributed by atoms with Crippen LogP contribution in [-0.2, 0) is 14.8 Å². The van der Waals surface area contributed by atoms with Crippen molar-refractivity contribution in [3.63, 3.8) is 0 Å². The van der Waals surface area contributed by atoms with Crippen LogP contribution >= 0.6 is 0 Å². The van der Waals surface area contributed by atoms with Crippen molar-refractivity contribution in [1.29, 1.82) is 0 Å². The van der Waals surface area contributed by atoms with Crippen molar-refractivity contribution in [2.75, 3.05) is 5.32 Å². The van der Waals surface area contributed by atoms with Gasteiger partial charge in [-0.3, -0.25) is 9.78 Å². The molecule has 2 aromatic rings. The fraction of sp³-hybridized carbons (Fsp3) is 0.0909. The average Bonchev–Trinajstić information content (AvgIpc) is 2.27. The maximum Gasteiger partial charge on any atom is 0.240 e. The normalized spacial score (nSPS) is 11.4. The molecule has 7 heteroatoms. The summed E-state index contributed by atoms with van der Waals surface area (Å²) in [5.74, 6) is -0.247. The minimum atomic E-state index is -3.85. The number of hydrogen-bond acceptors (Lipinski definition) is 4. The number of pyridine rings is 1. The molecule has 3 N–H and O–H groups in total. The molecule has 1 aromatic carbocycles. The van der Waals surface area contributed by atoms with E-state index in [2.05, 4.69) is 10.3 Å². The molecule has 0 spiro atoms. The molecule has 0 saturated carbocycles. The van der Waals surface area contributed by atoms with Gasteiger partial charge in [0.2, 0.25) is 15.9 Å². The first kappa shape index (κ1) is 12.5. The molecule has 18 heavy (non-hydrogen) atoms. The molecule has 6 nitrogen and oxygen atoms in total. The first-order valence-electron chi connectivity index (χ1n) is 5.08. The van der Waals surface area contributed by atoms with Crippen LogP contribution in [0.2, 0.25) is 0 Å². The van der Waals surface area contributed by atoms with E-state index in [4.69, 9.17) is 5.14 Å². The van der Waals surface area contributed by atoms with Gasteiger partial charge in [-0.1, -0.05) is 0 Å². The van der Waals surface area contributed by atoms with Gasteiger partial charge in [0.15, 0.2) is 0 Å². The Balaban J connectivity index is 2.78. The van der Waals surface area contributed by atoms with Crippen molar-refractivity contribution in [2.45, 2.75) is 11.8 Å². The van der Waals surface area contributed by atoms with Crippen LogP contribution in [0.3, 0.4) is 0 Å². The van der Waals surface area contributed by atoms with Crippen LogP contribution in [0.15, 0.2) is 35.4 Å². The fourth-order valence-corrected chi connectivity index (χ4v) is 2.36. The Bertz CT molecular complexity index is 725. The third-order valence-corrected chi connectivity index (χ3v) is 3.29. The van der Waals surface area contributed by atoms with E-state index in [1.54, 1.807) is 12.1 Å². The standard InChI is InChI=1S/C11H11N3O3S/c1-7(15)14-9-4-5-10(18(12,16)17)11-8(9)3-2-6-13-11/h2-6H,1H3,(H,14,15)(H2,12,16,17). The zero-order chi connectivity index (χ0) is 13.3. The number of rotatable bonds is 2. The number of carbonyl (C=O) groups is 1. The zero-order valence-electron chi connectivity index (χ0n) is 9.54. The summed E-state index contributed by atoms with van der Waals surface area (Å²) in [5, 5.41) is 8.26. The molecular weight excluding hydrogens is 254 g/mol. The minimum absolute atomic E-state index is 0.0628. The molecule has 0 aliphatic rings. The van der Waals surface area contributed by atoms with Gasteiger partial charge >= 0.3 is 0 Å². The number of anilines is 1. The summed E-state index contributed by atoms with van der Waals surface area (Å²) in [7, 11) is -3.85. The number of nitrogens with zero attached hydrogens (tertiary/aromatic N) is 1. The second-order valence-corrected chi connectivity index (χ2v) is 5.27. The van der Waals surface area contributed by atoms with E-state index < -0.39 is 10.0 Å². The number of hydrogen-bond donors (Lipinski definition) is 2. The van der Waals surface area contributed by atoms with Crippen molar-refractivity contribution in [3.05, 3.63) is 30.5 Å². The maximum atomic E-state index is 11.4. The van der Waals surface area contributed by atoms with Crippen LogP contribution in [0.5, 0.6) is 0 Å². The van der Waals surface area contributed by atoms with Gasteiger partial charge in [-0.05, 0) is 24.3 Å². The first-order valence-corrected chi connectivity index (χ1v) is 6.62. The Labute approximate surface area is 104 Å². The largest absolute Gasteiger partial charge is 0.326 e. The molecule has 0 aliphatic heterocycles. The molecule has 2 rings (SSSR count). The second kappa shape index (κ2) is 4.35. The van der Waals surface area contributed by atoms with Gasteiger partial charge in [0.25, 0.3) is 0 Å². The SMILES string of the molecule is CC(=O)Nc1ccc(S(N)(=O)=O)c2ncccc12. The van der Waals surface area contributed by atoms with Crippen LogP contribution < -0.4 is 10.5 Å². The maximum absolute atomic E-state index is 11.4. The van der Waals surface area contributed by atoms with Crippen molar-refractivity contribution >= 4 is 32.5 Å². The quantitative estimate of drug-likeness (QED) is 0.839. The van der Waals surface area contributed by atoms with Gasteiger partial charge in [0.1, 0.15) is 4.90 Å². The molecule has 0 radical (unpaired) electrons. The van der Waals surface area contributed by atoms with E-state index in [1.165, 1.54) is 25.3 Å². The Morgan fingerprint density at radius 3 is 2.67 bits per heavy atom. The summed E-state index contributed by atoms with van der Waals surface area (Å²) in [6.45, 7) is 1.37. The monoisotopic (exact) mass is 265 g/mol. The molecule has 1 aromatic heterocycles. The summed E-state index contributed by atoms with van der Waals surface area (Å²) in [5.41, 5.74) is 0.740. The molecule has 94 valence electrons. The van der Waals surface area contributed by atoms with Crippen LogP contribution in [0.1, 0.15) is 6.92 Å². The van der Waals surface area contributed by atoms with Crippen LogP contribution in [-0.4, -0.2) is 19.3 Å². The summed E-state index contributed by atoms with van der Waals surface area (Å²) < 4.78 is 22.9. The molecular formula is C11H11N3O3S. The Morgan fingerprint density at radius 2 is 2.06 bits per heavy atom. The van der Waals surface area contributed by atoms with Crippen LogP contribution in [0, 0.1) is 0 Å². The van der Waals surface area contributed by atoms with Crippen molar-refractivity contribution in [2.24, 2.45) is 5.14 Å². The van der Waals surface area contributed by atoms with Gasteiger partial charge in [-0.25, -0.2) is 13.6 Å². The molecule has 1 amide bonds. The lowest BCUT2D eigenvalue weighted by Crippen LogP contribution is -2.14. The number of sulfonamides is 1. The van der Waals surface area contributed by atoms with E-state index in [0.717, 1.165) is 0 Å². The van der Waals surface area contributed by atoms with Crippen molar-refractivity contribution in [1.82, 2.24) is 4.98 Å². The number of aromatic nitrogens is 1. The zero-order valence-corrected chi connectivity index (χ0v) is 10.4. The van der Waals surface area contributed by atoms with Gasteiger partial charge in [0, 0.05) is 18.5 Å². The number of fused-ring (bicyclic) bond motifs is 1. The fourth-order valence-electron chi connectivity index (χ4n) is 1.67. The highest BCUT2D eigenvalue weighted by Gasteiger charge is 2.15. The highest BCUT2D eigenvalue weighted by molar-refractivity contribution is 7.89. The number of amides is 1. The highest BCUT2D eigenvalue weighted by atomic mass is 32.2. The van der Waals surface area contributed by atoms with E-state index in [9.17, 15) is 13.2 Å². The Hall–Kier alpha value is -1.99. The molecule has 0 bridgehead atoms. The topological polar surface area (TPSA) is 102 Å². The number of primary sulfonamides is 1. The molecule has 0 unspecified atom stereocenters. The van der Waals surface area contributed by atoms with Gasteiger partial charge < -0.3 is 5.32 Å². The predicted molar refractivity (Wildman–Crippen MR) is 67.4 cm³/mol. The number of nitrogens with two attached hydrogens (primary N) is 1. The van der Waals surface area contributed by atoms with E-state index >= 15 is 0 Å². The number of benzene rings is 1. The summed E-state index contributed by atoms with van der Waals surface area (Å²) in [6.07, 6.45) is 1.47. The van der Waals surface area contributed by atoms with E-state index in [1.807, 2.05) is 0 Å². The van der Waals surface area contributed by atoms with Gasteiger partial charge in [-0.15, -0.1) is 0 Å². The predicted octanol–water partition coefficient (Wildman–Crippen LogP) is 0.841. The summed E-state index contributed by atoms with van der Waals surface area (Å²) in [6, 6.07) is 6.14. The molecule has 0 atom stereocenters. The number of nitrogens with one attached hydrogen (secondary N) is 1. The summed E-state index contributed by atoms with van der Waals surface area (Å²) >= 11 is 0. The second-order valence-electron chi connectivity index (χ2n) is 3.74. The molecule has 0 fully saturated rings. The van der Waals surface area contributed by atoms with Crippen LogP contribution in [0.25, 0.3) is 10.9 Å². The van der Waals surface area contributed by atoms with E-state index in [-0.39, 0.29) is 16.3 Å². The van der Waals surface area contributed by atoms with E-state index in [0.29, 0.717) is 11.1 Å². The van der Waals surface area contributed by atoms with Crippen LogP contribution in [0.4, 0.5) is 5.69 Å². The van der Waals surface area contributed by atoms with Crippen molar-refractivity contribution < 1.29 is 13.2 Å². The van der Waals surface area contributed by atoms with Gasteiger partial charge in [-0.2, -0.15) is 0 Å². The lowest BCUT2D eigenvalue weighted by Gasteiger charge is -2.09. The van der Waals surface area contributed by atoms with Gasteiger partial charge in [0.05, 0.1) is 11.2 Å². The lowest BCUT2D eigenvalue weighted by molar-refractivity contribution is -0.114. The number of carbonyl (C=O) groups excluding carboxylic acids is 1.